The van der Waals surface area contributed by atoms with Crippen LogP contribution in [-0.2, 0) is 10.9 Å². The van der Waals surface area contributed by atoms with Crippen LogP contribution in [0.1, 0.15) is 23.0 Å². The van der Waals surface area contributed by atoms with E-state index < -0.39 is 17.8 Å². The van der Waals surface area contributed by atoms with E-state index in [1.165, 1.54) is 19.1 Å². The standard InChI is InChI=1S/C12H15F3N2O3/c1-7(6-20-3)17(2)10-8(11(18)19)4-5-9(16-10)12(13,14)15/h4-5,7H,6H2,1-3H3,(H,18,19). The van der Waals surface area contributed by atoms with Crippen molar-refractivity contribution in [2.75, 3.05) is 25.7 Å². The minimum Gasteiger partial charge on any atom is -0.478 e. The van der Waals surface area contributed by atoms with Crippen LogP contribution in [0.4, 0.5) is 19.0 Å². The molecular weight excluding hydrogens is 277 g/mol. The van der Waals surface area contributed by atoms with E-state index in [2.05, 4.69) is 4.98 Å². The van der Waals surface area contributed by atoms with Gasteiger partial charge in [-0.15, -0.1) is 0 Å². The number of hydrogen-bond donors (Lipinski definition) is 1. The molecule has 5 nitrogen and oxygen atoms in total. The molecule has 1 aromatic rings. The maximum Gasteiger partial charge on any atom is 0.433 e. The summed E-state index contributed by atoms with van der Waals surface area (Å²) < 4.78 is 42.9. The highest BCUT2D eigenvalue weighted by molar-refractivity contribution is 5.93. The molecule has 1 rings (SSSR count). The first-order valence-electron chi connectivity index (χ1n) is 5.71. The highest BCUT2D eigenvalue weighted by Crippen LogP contribution is 2.30. The molecule has 1 unspecified atom stereocenters. The van der Waals surface area contributed by atoms with Crippen LogP contribution in [-0.4, -0.2) is 42.9 Å². The molecule has 8 heteroatoms. The summed E-state index contributed by atoms with van der Waals surface area (Å²) in [5, 5.41) is 9.04. The molecule has 0 saturated carbocycles. The first-order valence-corrected chi connectivity index (χ1v) is 5.71. The Kier molecular flexibility index (Phi) is 4.93. The molecule has 0 radical (unpaired) electrons. The summed E-state index contributed by atoms with van der Waals surface area (Å²) in [6.07, 6.45) is -4.63. The van der Waals surface area contributed by atoms with Gasteiger partial charge in [0, 0.05) is 14.2 Å². The quantitative estimate of drug-likeness (QED) is 0.902. The van der Waals surface area contributed by atoms with Gasteiger partial charge in [0.1, 0.15) is 17.1 Å². The van der Waals surface area contributed by atoms with E-state index in [9.17, 15) is 18.0 Å². The van der Waals surface area contributed by atoms with Crippen LogP contribution in [0.5, 0.6) is 0 Å². The average molecular weight is 292 g/mol. The summed E-state index contributed by atoms with van der Waals surface area (Å²) in [5.41, 5.74) is -1.42. The maximum absolute atomic E-state index is 12.7. The monoisotopic (exact) mass is 292 g/mol. The number of carbonyl (C=O) groups is 1. The van der Waals surface area contributed by atoms with Crippen molar-refractivity contribution in [2.24, 2.45) is 0 Å². The van der Waals surface area contributed by atoms with E-state index in [4.69, 9.17) is 9.84 Å². The van der Waals surface area contributed by atoms with E-state index in [0.29, 0.717) is 6.07 Å². The van der Waals surface area contributed by atoms with Gasteiger partial charge in [-0.2, -0.15) is 13.2 Å². The van der Waals surface area contributed by atoms with Crippen LogP contribution in [0.3, 0.4) is 0 Å². The number of ether oxygens (including phenoxy) is 1. The molecule has 0 fully saturated rings. The minimum atomic E-state index is -4.63. The SMILES string of the molecule is COCC(C)N(C)c1nc(C(F)(F)F)ccc1C(=O)O. The minimum absolute atomic E-state index is 0.230. The van der Waals surface area contributed by atoms with E-state index in [1.54, 1.807) is 6.92 Å². The zero-order valence-electron chi connectivity index (χ0n) is 11.2. The van der Waals surface area contributed by atoms with Gasteiger partial charge in [0.15, 0.2) is 0 Å². The van der Waals surface area contributed by atoms with Gasteiger partial charge in [-0.05, 0) is 19.1 Å². The van der Waals surface area contributed by atoms with Crippen molar-refractivity contribution in [3.8, 4) is 0 Å². The number of rotatable bonds is 5. The third kappa shape index (κ3) is 3.60. The summed E-state index contributed by atoms with van der Waals surface area (Å²) in [7, 11) is 2.92. The fourth-order valence-electron chi connectivity index (χ4n) is 1.60. The second kappa shape index (κ2) is 6.08. The molecule has 0 aliphatic heterocycles. The number of carboxylic acids is 1. The molecule has 0 amide bonds. The van der Waals surface area contributed by atoms with E-state index in [1.807, 2.05) is 0 Å². The van der Waals surface area contributed by atoms with Crippen LogP contribution in [0, 0.1) is 0 Å². The lowest BCUT2D eigenvalue weighted by Gasteiger charge is -2.27. The molecule has 0 aliphatic rings. The van der Waals surface area contributed by atoms with Crippen LogP contribution in [0.2, 0.25) is 0 Å². The third-order valence-corrected chi connectivity index (χ3v) is 2.80. The Morgan fingerprint density at radius 2 is 2.10 bits per heavy atom. The number of hydrogen-bond acceptors (Lipinski definition) is 4. The van der Waals surface area contributed by atoms with Gasteiger partial charge in [0.2, 0.25) is 0 Å². The molecular formula is C12H15F3N2O3. The number of pyridine rings is 1. The highest BCUT2D eigenvalue weighted by Gasteiger charge is 2.34. The van der Waals surface area contributed by atoms with E-state index in [-0.39, 0.29) is 24.0 Å². The predicted molar refractivity (Wildman–Crippen MR) is 65.9 cm³/mol. The maximum atomic E-state index is 12.7. The second-order valence-electron chi connectivity index (χ2n) is 4.29. The molecule has 0 saturated heterocycles. The lowest BCUT2D eigenvalue weighted by molar-refractivity contribution is -0.141. The Bertz CT molecular complexity index is 491. The first-order chi connectivity index (χ1) is 9.18. The lowest BCUT2D eigenvalue weighted by Crippen LogP contribution is -2.35. The number of aromatic carboxylic acids is 1. The molecule has 0 aromatic carbocycles. The molecule has 0 bridgehead atoms. The smallest absolute Gasteiger partial charge is 0.433 e. The summed E-state index contributed by atoms with van der Waals surface area (Å²) in [6.45, 7) is 1.92. The van der Waals surface area contributed by atoms with Crippen LogP contribution in [0.15, 0.2) is 12.1 Å². The number of methoxy groups -OCH3 is 1. The second-order valence-corrected chi connectivity index (χ2v) is 4.29. The van der Waals surface area contributed by atoms with Gasteiger partial charge >= 0.3 is 12.1 Å². The van der Waals surface area contributed by atoms with Crippen molar-refractivity contribution in [1.82, 2.24) is 4.98 Å². The van der Waals surface area contributed by atoms with Crippen molar-refractivity contribution in [2.45, 2.75) is 19.1 Å². The molecule has 0 aliphatic carbocycles. The van der Waals surface area contributed by atoms with Gasteiger partial charge in [-0.1, -0.05) is 0 Å². The zero-order valence-corrected chi connectivity index (χ0v) is 11.2. The predicted octanol–water partition coefficient (Wildman–Crippen LogP) is 2.27. The number of carboxylic acid groups (broad SMARTS) is 1. The van der Waals surface area contributed by atoms with Crippen LogP contribution >= 0.6 is 0 Å². The Morgan fingerprint density at radius 1 is 1.50 bits per heavy atom. The normalized spacial score (nSPS) is 13.1. The van der Waals surface area contributed by atoms with E-state index in [0.717, 1.165) is 6.07 Å². The number of likely N-dealkylation sites (N-methyl/N-ethyl adjacent to an activating group) is 1. The molecule has 112 valence electrons. The van der Waals surface area contributed by atoms with Crippen molar-refractivity contribution < 1.29 is 27.8 Å². The fourth-order valence-corrected chi connectivity index (χ4v) is 1.60. The Hall–Kier alpha value is -1.83. The van der Waals surface area contributed by atoms with Crippen molar-refractivity contribution in [3.63, 3.8) is 0 Å². The Labute approximate surface area is 114 Å². The third-order valence-electron chi connectivity index (χ3n) is 2.80. The van der Waals surface area contributed by atoms with Crippen molar-refractivity contribution in [1.29, 1.82) is 0 Å². The number of halogens is 3. The van der Waals surface area contributed by atoms with Crippen molar-refractivity contribution in [3.05, 3.63) is 23.4 Å². The zero-order chi connectivity index (χ0) is 15.5. The Morgan fingerprint density at radius 3 is 2.55 bits per heavy atom. The fraction of sp³-hybridized carbons (Fsp3) is 0.500. The van der Waals surface area contributed by atoms with Gasteiger partial charge in [0.25, 0.3) is 0 Å². The highest BCUT2D eigenvalue weighted by atomic mass is 19.4. The van der Waals surface area contributed by atoms with Gasteiger partial charge in [-0.25, -0.2) is 9.78 Å². The number of alkyl halides is 3. The molecule has 20 heavy (non-hydrogen) atoms. The Balaban J connectivity index is 3.28. The number of anilines is 1. The largest absolute Gasteiger partial charge is 0.478 e. The summed E-state index contributed by atoms with van der Waals surface area (Å²) in [6, 6.07) is 1.24. The summed E-state index contributed by atoms with van der Waals surface area (Å²) in [5.74, 6) is -1.57. The van der Waals surface area contributed by atoms with Crippen molar-refractivity contribution >= 4 is 11.8 Å². The molecule has 1 atom stereocenters. The topological polar surface area (TPSA) is 62.7 Å². The number of aromatic nitrogens is 1. The molecule has 0 spiro atoms. The average Bonchev–Trinajstić information content (AvgIpc) is 2.36. The first kappa shape index (κ1) is 16.2. The van der Waals surface area contributed by atoms with E-state index >= 15 is 0 Å². The number of nitrogens with zero attached hydrogens (tertiary/aromatic N) is 2. The molecule has 1 heterocycles. The van der Waals surface area contributed by atoms with Gasteiger partial charge in [0.05, 0.1) is 12.6 Å². The van der Waals surface area contributed by atoms with Gasteiger partial charge in [-0.3, -0.25) is 0 Å². The molecule has 1 aromatic heterocycles. The van der Waals surface area contributed by atoms with Gasteiger partial charge < -0.3 is 14.7 Å². The summed E-state index contributed by atoms with van der Waals surface area (Å²) in [4.78, 5) is 15.9. The lowest BCUT2D eigenvalue weighted by atomic mass is 10.2. The molecule has 1 N–H and O–H groups in total. The van der Waals surface area contributed by atoms with Crippen LogP contribution in [0.25, 0.3) is 0 Å². The van der Waals surface area contributed by atoms with Crippen LogP contribution < -0.4 is 4.90 Å². The summed E-state index contributed by atoms with van der Waals surface area (Å²) >= 11 is 0.